The van der Waals surface area contributed by atoms with Gasteiger partial charge in [-0.25, -0.2) is 4.39 Å². The van der Waals surface area contributed by atoms with Crippen LogP contribution in [0.5, 0.6) is 0 Å². The van der Waals surface area contributed by atoms with Crippen LogP contribution in [0, 0.1) is 5.82 Å². The van der Waals surface area contributed by atoms with E-state index in [1.807, 2.05) is 11.9 Å². The normalized spacial score (nSPS) is 19.1. The van der Waals surface area contributed by atoms with Crippen molar-refractivity contribution in [2.75, 3.05) is 25.9 Å². The predicted octanol–water partition coefficient (Wildman–Crippen LogP) is 2.52. The number of nitrogens with zero attached hydrogens (tertiary/aromatic N) is 1. The minimum atomic E-state index is -0.225. The van der Waals surface area contributed by atoms with Crippen LogP contribution in [0.2, 0.25) is 0 Å². The number of hydrogen-bond acceptors (Lipinski definition) is 3. The van der Waals surface area contributed by atoms with E-state index in [2.05, 4.69) is 5.32 Å². The van der Waals surface area contributed by atoms with Crippen LogP contribution in [0.15, 0.2) is 29.2 Å². The Morgan fingerprint density at radius 3 is 2.90 bits per heavy atom. The Morgan fingerprint density at radius 2 is 2.20 bits per heavy atom. The van der Waals surface area contributed by atoms with Gasteiger partial charge in [-0.15, -0.1) is 11.8 Å². The summed E-state index contributed by atoms with van der Waals surface area (Å²) in [5.41, 5.74) is 0. The van der Waals surface area contributed by atoms with Crippen molar-refractivity contribution in [2.45, 2.75) is 30.2 Å². The minimum Gasteiger partial charge on any atom is -0.341 e. The summed E-state index contributed by atoms with van der Waals surface area (Å²) in [6.07, 6.45) is 2.76. The number of hydrogen-bond donors (Lipinski definition) is 1. The molecule has 1 aliphatic rings. The molecular weight excluding hydrogens is 275 g/mol. The summed E-state index contributed by atoms with van der Waals surface area (Å²) in [6, 6.07) is 6.83. The molecule has 2 rings (SSSR count). The number of nitrogens with one attached hydrogen (secondary N) is 1. The van der Waals surface area contributed by atoms with Gasteiger partial charge >= 0.3 is 0 Å². The van der Waals surface area contributed by atoms with E-state index in [1.54, 1.807) is 23.9 Å². The van der Waals surface area contributed by atoms with E-state index in [-0.39, 0.29) is 11.7 Å². The molecule has 1 aliphatic heterocycles. The van der Waals surface area contributed by atoms with Gasteiger partial charge < -0.3 is 10.2 Å². The SMILES string of the molecule is CNC1CCCN(C(=O)CCSc2ccc(F)cc2)C1. The Hall–Kier alpha value is -1.07. The van der Waals surface area contributed by atoms with Crippen LogP contribution in [0.4, 0.5) is 4.39 Å². The lowest BCUT2D eigenvalue weighted by atomic mass is 10.1. The maximum atomic E-state index is 12.8. The van der Waals surface area contributed by atoms with Gasteiger partial charge in [0.1, 0.15) is 5.82 Å². The lowest BCUT2D eigenvalue weighted by Gasteiger charge is -2.32. The monoisotopic (exact) mass is 296 g/mol. The molecule has 1 N–H and O–H groups in total. The lowest BCUT2D eigenvalue weighted by Crippen LogP contribution is -2.47. The molecule has 1 heterocycles. The number of amides is 1. The molecule has 0 aromatic heterocycles. The van der Waals surface area contributed by atoms with Gasteiger partial charge in [0, 0.05) is 36.2 Å². The second-order valence-corrected chi connectivity index (χ2v) is 6.19. The summed E-state index contributed by atoms with van der Waals surface area (Å²) in [7, 11) is 1.95. The number of likely N-dealkylation sites (N-methyl/N-ethyl adjacent to an activating group) is 1. The van der Waals surface area contributed by atoms with Gasteiger partial charge in [0.05, 0.1) is 0 Å². The van der Waals surface area contributed by atoms with E-state index in [0.29, 0.717) is 12.5 Å². The fourth-order valence-corrected chi connectivity index (χ4v) is 3.23. The smallest absolute Gasteiger partial charge is 0.223 e. The van der Waals surface area contributed by atoms with Crippen molar-refractivity contribution >= 4 is 17.7 Å². The first-order valence-corrected chi connectivity index (χ1v) is 8.01. The molecule has 1 unspecified atom stereocenters. The van der Waals surface area contributed by atoms with Crippen molar-refractivity contribution in [3.63, 3.8) is 0 Å². The average Bonchev–Trinajstić information content (AvgIpc) is 2.49. The highest BCUT2D eigenvalue weighted by Gasteiger charge is 2.21. The van der Waals surface area contributed by atoms with Gasteiger partial charge in [0.25, 0.3) is 0 Å². The Labute approximate surface area is 123 Å². The molecule has 1 aromatic carbocycles. The molecule has 0 bridgehead atoms. The summed E-state index contributed by atoms with van der Waals surface area (Å²) in [5, 5.41) is 3.24. The van der Waals surface area contributed by atoms with Gasteiger partial charge in [0.2, 0.25) is 5.91 Å². The summed E-state index contributed by atoms with van der Waals surface area (Å²) in [5.74, 6) is 0.738. The molecular formula is C15H21FN2OS. The number of carbonyl (C=O) groups is 1. The van der Waals surface area contributed by atoms with E-state index in [9.17, 15) is 9.18 Å². The Morgan fingerprint density at radius 1 is 1.45 bits per heavy atom. The number of benzene rings is 1. The van der Waals surface area contributed by atoms with Crippen molar-refractivity contribution in [2.24, 2.45) is 0 Å². The first kappa shape index (κ1) is 15.3. The van der Waals surface area contributed by atoms with Crippen molar-refractivity contribution in [1.29, 1.82) is 0 Å². The van der Waals surface area contributed by atoms with E-state index in [4.69, 9.17) is 0 Å². The van der Waals surface area contributed by atoms with E-state index >= 15 is 0 Å². The highest BCUT2D eigenvalue weighted by atomic mass is 32.2. The van der Waals surface area contributed by atoms with Crippen molar-refractivity contribution in [1.82, 2.24) is 10.2 Å². The quantitative estimate of drug-likeness (QED) is 0.848. The summed E-state index contributed by atoms with van der Waals surface area (Å²) < 4.78 is 12.8. The molecule has 1 saturated heterocycles. The number of piperidine rings is 1. The molecule has 1 aromatic rings. The third-order valence-electron chi connectivity index (χ3n) is 3.58. The van der Waals surface area contributed by atoms with Gasteiger partial charge in [-0.05, 0) is 44.2 Å². The molecule has 110 valence electrons. The number of likely N-dealkylation sites (tertiary alicyclic amines) is 1. The van der Waals surface area contributed by atoms with Gasteiger partial charge in [-0.1, -0.05) is 0 Å². The zero-order valence-electron chi connectivity index (χ0n) is 11.8. The summed E-state index contributed by atoms with van der Waals surface area (Å²) in [6.45, 7) is 1.69. The molecule has 0 radical (unpaired) electrons. The first-order valence-electron chi connectivity index (χ1n) is 7.02. The van der Waals surface area contributed by atoms with Crippen molar-refractivity contribution in [3.05, 3.63) is 30.1 Å². The lowest BCUT2D eigenvalue weighted by molar-refractivity contribution is -0.132. The number of halogens is 1. The predicted molar refractivity (Wildman–Crippen MR) is 80.4 cm³/mol. The molecule has 1 fully saturated rings. The zero-order chi connectivity index (χ0) is 14.4. The van der Waals surface area contributed by atoms with Crippen molar-refractivity contribution < 1.29 is 9.18 Å². The van der Waals surface area contributed by atoms with E-state index < -0.39 is 0 Å². The maximum Gasteiger partial charge on any atom is 0.223 e. The molecule has 1 amide bonds. The van der Waals surface area contributed by atoms with Crippen LogP contribution in [-0.4, -0.2) is 42.7 Å². The second-order valence-electron chi connectivity index (χ2n) is 5.02. The number of thioether (sulfide) groups is 1. The fourth-order valence-electron chi connectivity index (χ4n) is 2.38. The van der Waals surface area contributed by atoms with Crippen molar-refractivity contribution in [3.8, 4) is 0 Å². The summed E-state index contributed by atoms with van der Waals surface area (Å²) >= 11 is 1.60. The molecule has 1 atom stereocenters. The van der Waals surface area contributed by atoms with Gasteiger partial charge in [-0.2, -0.15) is 0 Å². The topological polar surface area (TPSA) is 32.3 Å². The molecule has 0 spiro atoms. The van der Waals surface area contributed by atoms with Crippen LogP contribution < -0.4 is 5.32 Å². The number of rotatable bonds is 5. The largest absolute Gasteiger partial charge is 0.341 e. The molecule has 20 heavy (non-hydrogen) atoms. The first-order chi connectivity index (χ1) is 9.69. The molecule has 0 saturated carbocycles. The van der Waals surface area contributed by atoms with E-state index in [0.717, 1.165) is 36.6 Å². The van der Waals surface area contributed by atoms with E-state index in [1.165, 1.54) is 12.1 Å². The highest BCUT2D eigenvalue weighted by molar-refractivity contribution is 7.99. The molecule has 5 heteroatoms. The third-order valence-corrected chi connectivity index (χ3v) is 4.59. The Balaban J connectivity index is 1.73. The van der Waals surface area contributed by atoms with Crippen LogP contribution >= 0.6 is 11.8 Å². The number of carbonyl (C=O) groups excluding carboxylic acids is 1. The molecule has 3 nitrogen and oxygen atoms in total. The Bertz CT molecular complexity index is 438. The summed E-state index contributed by atoms with van der Waals surface area (Å²) in [4.78, 5) is 15.1. The van der Waals surface area contributed by atoms with Crippen LogP contribution in [-0.2, 0) is 4.79 Å². The second kappa shape index (κ2) is 7.64. The van der Waals surface area contributed by atoms with Gasteiger partial charge in [0.15, 0.2) is 0 Å². The van der Waals surface area contributed by atoms with Crippen LogP contribution in [0.3, 0.4) is 0 Å². The molecule has 0 aliphatic carbocycles. The van der Waals surface area contributed by atoms with Crippen LogP contribution in [0.1, 0.15) is 19.3 Å². The van der Waals surface area contributed by atoms with Gasteiger partial charge in [-0.3, -0.25) is 4.79 Å². The maximum absolute atomic E-state index is 12.8. The standard InChI is InChI=1S/C15H21FN2OS/c1-17-13-3-2-9-18(11-13)15(19)8-10-20-14-6-4-12(16)5-7-14/h4-7,13,17H,2-3,8-11H2,1H3. The highest BCUT2D eigenvalue weighted by Crippen LogP contribution is 2.20. The minimum absolute atomic E-state index is 0.222. The fraction of sp³-hybridized carbons (Fsp3) is 0.533. The third kappa shape index (κ3) is 4.49. The zero-order valence-corrected chi connectivity index (χ0v) is 12.6. The van der Waals surface area contributed by atoms with Crippen LogP contribution in [0.25, 0.3) is 0 Å². The average molecular weight is 296 g/mol. The Kier molecular flexibility index (Phi) is 5.86.